The second-order valence-electron chi connectivity index (χ2n) is 10.2. The van der Waals surface area contributed by atoms with E-state index in [2.05, 4.69) is 58.2 Å². The minimum atomic E-state index is -0.147. The number of carbonyl (C=O) groups excluding carboxylic acids is 1. The number of halogens is 1. The fourth-order valence-electron chi connectivity index (χ4n) is 5.23. The largest absolute Gasteiger partial charge is 0.382 e. The van der Waals surface area contributed by atoms with Gasteiger partial charge >= 0.3 is 0 Å². The Morgan fingerprint density at radius 3 is 2.58 bits per heavy atom. The molecular weight excluding hydrogens is 470 g/mol. The lowest BCUT2D eigenvalue weighted by Gasteiger charge is -2.36. The fourth-order valence-corrected chi connectivity index (χ4v) is 5.45. The summed E-state index contributed by atoms with van der Waals surface area (Å²) in [6.07, 6.45) is 8.58. The van der Waals surface area contributed by atoms with Crippen molar-refractivity contribution in [2.75, 3.05) is 19.4 Å². The Morgan fingerprint density at radius 2 is 1.89 bits per heavy atom. The van der Waals surface area contributed by atoms with Crippen LogP contribution in [0.15, 0.2) is 54.9 Å². The first-order valence-electron chi connectivity index (χ1n) is 12.9. The summed E-state index contributed by atoms with van der Waals surface area (Å²) in [6.45, 7) is 5.29. The fraction of sp³-hybridized carbons (Fsp3) is 0.448. The summed E-state index contributed by atoms with van der Waals surface area (Å²) in [5.74, 6) is 1.28. The van der Waals surface area contributed by atoms with Crippen LogP contribution in [0, 0.1) is 12.8 Å². The molecule has 2 aromatic carbocycles. The van der Waals surface area contributed by atoms with Gasteiger partial charge in [0.1, 0.15) is 5.82 Å². The number of aromatic nitrogens is 2. The molecule has 1 aliphatic rings. The van der Waals surface area contributed by atoms with Crippen LogP contribution in [0.3, 0.4) is 0 Å². The molecular formula is C29H38ClN5O. The monoisotopic (exact) mass is 507 g/mol. The summed E-state index contributed by atoms with van der Waals surface area (Å²) in [6, 6.07) is 14.9. The Morgan fingerprint density at radius 1 is 1.17 bits per heavy atom. The SMILES string of the molecule is Cc1c(NC(C)C2CCC(N(C)C)CC2)cc(Cl)cc1C(=O)NCc1nccn1Cc1ccccc1. The van der Waals surface area contributed by atoms with Gasteiger partial charge in [0.15, 0.2) is 0 Å². The maximum atomic E-state index is 13.2. The van der Waals surface area contributed by atoms with Crippen LogP contribution < -0.4 is 10.6 Å². The third-order valence-electron chi connectivity index (χ3n) is 7.58. The third-order valence-corrected chi connectivity index (χ3v) is 7.80. The molecule has 2 N–H and O–H groups in total. The van der Waals surface area contributed by atoms with Crippen LogP contribution in [0.4, 0.5) is 5.69 Å². The van der Waals surface area contributed by atoms with Crippen LogP contribution in [0.5, 0.6) is 0 Å². The molecule has 3 aromatic rings. The number of rotatable bonds is 9. The summed E-state index contributed by atoms with van der Waals surface area (Å²) < 4.78 is 2.06. The Bertz CT molecular complexity index is 1150. The predicted molar refractivity (Wildman–Crippen MR) is 148 cm³/mol. The number of carbonyl (C=O) groups is 1. The molecule has 1 unspecified atom stereocenters. The normalized spacial score (nSPS) is 18.7. The van der Waals surface area contributed by atoms with Crippen molar-refractivity contribution in [3.05, 3.63) is 82.4 Å². The van der Waals surface area contributed by atoms with Crippen molar-refractivity contribution in [1.29, 1.82) is 0 Å². The lowest BCUT2D eigenvalue weighted by molar-refractivity contribution is 0.0949. The van der Waals surface area contributed by atoms with E-state index in [-0.39, 0.29) is 5.91 Å². The van der Waals surface area contributed by atoms with Gasteiger partial charge in [0.2, 0.25) is 0 Å². The van der Waals surface area contributed by atoms with E-state index in [1.165, 1.54) is 31.2 Å². The van der Waals surface area contributed by atoms with Gasteiger partial charge in [-0.25, -0.2) is 4.98 Å². The van der Waals surface area contributed by atoms with E-state index < -0.39 is 0 Å². The van der Waals surface area contributed by atoms with Crippen LogP contribution in [0.25, 0.3) is 0 Å². The van der Waals surface area contributed by atoms with Gasteiger partial charge in [0.25, 0.3) is 5.91 Å². The Hall–Kier alpha value is -2.83. The highest BCUT2D eigenvalue weighted by atomic mass is 35.5. The zero-order valence-electron chi connectivity index (χ0n) is 21.8. The highest BCUT2D eigenvalue weighted by Gasteiger charge is 2.27. The summed E-state index contributed by atoms with van der Waals surface area (Å²) in [5, 5.41) is 7.27. The molecule has 1 saturated carbocycles. The highest BCUT2D eigenvalue weighted by molar-refractivity contribution is 6.31. The minimum absolute atomic E-state index is 0.147. The number of nitrogens with zero attached hydrogens (tertiary/aromatic N) is 3. The molecule has 1 fully saturated rings. The zero-order valence-corrected chi connectivity index (χ0v) is 22.6. The maximum absolute atomic E-state index is 13.2. The van der Waals surface area contributed by atoms with E-state index in [0.717, 1.165) is 17.1 Å². The molecule has 0 bridgehead atoms. The van der Waals surface area contributed by atoms with E-state index in [0.29, 0.717) is 41.7 Å². The summed E-state index contributed by atoms with van der Waals surface area (Å²) in [4.78, 5) is 20.0. The van der Waals surface area contributed by atoms with E-state index in [9.17, 15) is 4.79 Å². The lowest BCUT2D eigenvalue weighted by atomic mass is 9.81. The number of amides is 1. The average molecular weight is 508 g/mol. The highest BCUT2D eigenvalue weighted by Crippen LogP contribution is 2.32. The van der Waals surface area contributed by atoms with Crippen molar-refractivity contribution in [3.63, 3.8) is 0 Å². The first-order valence-corrected chi connectivity index (χ1v) is 13.2. The Balaban J connectivity index is 1.40. The average Bonchev–Trinajstić information content (AvgIpc) is 3.31. The maximum Gasteiger partial charge on any atom is 0.252 e. The molecule has 192 valence electrons. The van der Waals surface area contributed by atoms with Gasteiger partial charge in [-0.1, -0.05) is 41.9 Å². The Labute approximate surface area is 220 Å². The van der Waals surface area contributed by atoms with Crippen LogP contribution in [-0.2, 0) is 13.1 Å². The molecule has 36 heavy (non-hydrogen) atoms. The van der Waals surface area contributed by atoms with E-state index >= 15 is 0 Å². The number of imidazole rings is 1. The van der Waals surface area contributed by atoms with Gasteiger partial charge in [-0.15, -0.1) is 0 Å². The number of anilines is 1. The second kappa shape index (κ2) is 11.9. The standard InChI is InChI=1S/C29H38ClN5O/c1-20-26(29(36)32-18-28-31-14-15-35(28)19-22-8-6-5-7-9-22)16-24(30)17-27(20)33-21(2)23-10-12-25(13-11-23)34(3)4/h5-9,14-17,21,23,25,33H,10-13,18-19H2,1-4H3,(H,32,36). The number of hydrogen-bond acceptors (Lipinski definition) is 4. The van der Waals surface area contributed by atoms with Gasteiger partial charge in [0, 0.05) is 47.3 Å². The van der Waals surface area contributed by atoms with Crippen LogP contribution in [0.2, 0.25) is 5.02 Å². The second-order valence-corrected chi connectivity index (χ2v) is 10.7. The van der Waals surface area contributed by atoms with Crippen LogP contribution >= 0.6 is 11.6 Å². The summed E-state index contributed by atoms with van der Waals surface area (Å²) >= 11 is 6.46. The van der Waals surface area contributed by atoms with Crippen molar-refractivity contribution >= 4 is 23.2 Å². The molecule has 7 heteroatoms. The number of hydrogen-bond donors (Lipinski definition) is 2. The molecule has 1 aromatic heterocycles. The first kappa shape index (κ1) is 26.2. The topological polar surface area (TPSA) is 62.2 Å². The predicted octanol–water partition coefficient (Wildman–Crippen LogP) is 5.74. The molecule has 4 rings (SSSR count). The molecule has 0 radical (unpaired) electrons. The van der Waals surface area contributed by atoms with E-state index in [1.807, 2.05) is 37.4 Å². The molecule has 6 nitrogen and oxygen atoms in total. The van der Waals surface area contributed by atoms with Crippen molar-refractivity contribution < 1.29 is 4.79 Å². The van der Waals surface area contributed by atoms with Gasteiger partial charge < -0.3 is 20.1 Å². The lowest BCUT2D eigenvalue weighted by Crippen LogP contribution is -2.36. The molecule has 1 atom stereocenters. The molecule has 0 saturated heterocycles. The quantitative estimate of drug-likeness (QED) is 0.387. The number of nitrogens with one attached hydrogen (secondary N) is 2. The van der Waals surface area contributed by atoms with Crippen LogP contribution in [0.1, 0.15) is 59.9 Å². The van der Waals surface area contributed by atoms with Gasteiger partial charge in [0.05, 0.1) is 6.54 Å². The molecule has 0 spiro atoms. The van der Waals surface area contributed by atoms with Gasteiger partial charge in [-0.05, 0) is 82.8 Å². The Kier molecular flexibility index (Phi) is 8.70. The van der Waals surface area contributed by atoms with Crippen LogP contribution in [-0.4, -0.2) is 46.5 Å². The summed E-state index contributed by atoms with van der Waals surface area (Å²) in [7, 11) is 4.34. The first-order chi connectivity index (χ1) is 17.3. The van der Waals surface area contributed by atoms with Gasteiger partial charge in [-0.3, -0.25) is 4.79 Å². The van der Waals surface area contributed by atoms with Crippen molar-refractivity contribution in [1.82, 2.24) is 19.8 Å². The minimum Gasteiger partial charge on any atom is -0.382 e. The molecule has 1 aliphatic carbocycles. The van der Waals surface area contributed by atoms with Crippen molar-refractivity contribution in [3.8, 4) is 0 Å². The van der Waals surface area contributed by atoms with E-state index in [4.69, 9.17) is 11.6 Å². The van der Waals surface area contributed by atoms with Gasteiger partial charge in [-0.2, -0.15) is 0 Å². The molecule has 1 amide bonds. The third kappa shape index (κ3) is 6.48. The smallest absolute Gasteiger partial charge is 0.252 e. The number of benzene rings is 2. The molecule has 1 heterocycles. The van der Waals surface area contributed by atoms with Crippen molar-refractivity contribution in [2.24, 2.45) is 5.92 Å². The summed E-state index contributed by atoms with van der Waals surface area (Å²) in [5.41, 5.74) is 3.63. The zero-order chi connectivity index (χ0) is 25.7. The molecule has 0 aliphatic heterocycles. The van der Waals surface area contributed by atoms with Crippen molar-refractivity contribution in [2.45, 2.75) is 64.7 Å². The van der Waals surface area contributed by atoms with E-state index in [1.54, 1.807) is 12.3 Å².